The maximum atomic E-state index is 5.26. The molecule has 2 aromatic heterocycles. The van der Waals surface area contributed by atoms with Crippen molar-refractivity contribution in [1.29, 1.82) is 0 Å². The van der Waals surface area contributed by atoms with E-state index in [0.717, 1.165) is 24.5 Å². The minimum absolute atomic E-state index is 0. The lowest BCUT2D eigenvalue weighted by atomic mass is 10.2. The lowest BCUT2D eigenvalue weighted by molar-refractivity contribution is 0.482. The van der Waals surface area contributed by atoms with Crippen LogP contribution in [0.1, 0.15) is 36.9 Å². The summed E-state index contributed by atoms with van der Waals surface area (Å²) in [5.41, 5.74) is 2.33. The summed E-state index contributed by atoms with van der Waals surface area (Å²) >= 11 is 0. The van der Waals surface area contributed by atoms with Crippen molar-refractivity contribution in [2.45, 2.75) is 39.9 Å². The van der Waals surface area contributed by atoms with Crippen LogP contribution in [0.3, 0.4) is 0 Å². The Balaban J connectivity index is 0.00000162. The first-order valence-electron chi connectivity index (χ1n) is 5.94. The van der Waals surface area contributed by atoms with Crippen molar-refractivity contribution < 1.29 is 4.42 Å². The highest BCUT2D eigenvalue weighted by Gasteiger charge is 2.06. The molecule has 2 rings (SSSR count). The van der Waals surface area contributed by atoms with Crippen molar-refractivity contribution in [2.75, 3.05) is 0 Å². The van der Waals surface area contributed by atoms with Crippen molar-refractivity contribution in [3.05, 3.63) is 41.6 Å². The summed E-state index contributed by atoms with van der Waals surface area (Å²) < 4.78 is 7.26. The van der Waals surface area contributed by atoms with Gasteiger partial charge in [-0.3, -0.25) is 4.68 Å². The van der Waals surface area contributed by atoms with Crippen LogP contribution in [0.4, 0.5) is 0 Å². The van der Waals surface area contributed by atoms with E-state index >= 15 is 0 Å². The van der Waals surface area contributed by atoms with Gasteiger partial charge in [0.15, 0.2) is 0 Å². The van der Waals surface area contributed by atoms with Crippen LogP contribution in [0.15, 0.2) is 29.0 Å². The fraction of sp³-hybridized carbons (Fsp3) is 0.462. The zero-order chi connectivity index (χ0) is 12.3. The smallest absolute Gasteiger partial charge is 0.117 e. The van der Waals surface area contributed by atoms with Gasteiger partial charge in [0.2, 0.25) is 0 Å². The number of hydrogen-bond donors (Lipinski definition) is 1. The molecule has 0 aromatic carbocycles. The molecule has 0 atom stereocenters. The van der Waals surface area contributed by atoms with Crippen molar-refractivity contribution >= 4 is 12.4 Å². The number of aromatic nitrogens is 2. The predicted octanol–water partition coefficient (Wildman–Crippen LogP) is 3.08. The summed E-state index contributed by atoms with van der Waals surface area (Å²) in [6.07, 6.45) is 3.80. The predicted molar refractivity (Wildman–Crippen MR) is 73.8 cm³/mol. The Hall–Kier alpha value is -1.26. The van der Waals surface area contributed by atoms with Crippen LogP contribution in [-0.2, 0) is 13.1 Å². The highest BCUT2D eigenvalue weighted by atomic mass is 35.5. The van der Waals surface area contributed by atoms with Crippen LogP contribution >= 0.6 is 12.4 Å². The fourth-order valence-electron chi connectivity index (χ4n) is 1.69. The summed E-state index contributed by atoms with van der Waals surface area (Å²) in [6, 6.07) is 4.28. The fourth-order valence-corrected chi connectivity index (χ4v) is 1.69. The topological polar surface area (TPSA) is 43.0 Å². The first-order valence-corrected chi connectivity index (χ1v) is 5.94. The molecule has 0 aliphatic heterocycles. The van der Waals surface area contributed by atoms with Crippen molar-refractivity contribution in [3.8, 4) is 0 Å². The normalized spacial score (nSPS) is 10.7. The molecule has 0 unspecified atom stereocenters. The third-order valence-electron chi connectivity index (χ3n) is 2.74. The molecule has 0 amide bonds. The third kappa shape index (κ3) is 3.62. The number of furan rings is 1. The number of nitrogens with one attached hydrogen (secondary N) is 1. The summed E-state index contributed by atoms with van der Waals surface area (Å²) in [5.74, 6) is 0.957. The van der Waals surface area contributed by atoms with E-state index in [1.54, 1.807) is 6.26 Å². The molecule has 0 bridgehead atoms. The van der Waals surface area contributed by atoms with Gasteiger partial charge in [0.1, 0.15) is 5.76 Å². The number of halogens is 1. The first kappa shape index (κ1) is 14.8. The lowest BCUT2D eigenvalue weighted by Gasteiger charge is -2.03. The zero-order valence-electron chi connectivity index (χ0n) is 11.0. The molecule has 18 heavy (non-hydrogen) atoms. The van der Waals surface area contributed by atoms with E-state index < -0.39 is 0 Å². The SMILES string of the molecule is Cc1nn(C(C)C)cc1CNCc1ccco1.Cl. The number of aryl methyl sites for hydroxylation is 1. The molecule has 100 valence electrons. The third-order valence-corrected chi connectivity index (χ3v) is 2.74. The maximum Gasteiger partial charge on any atom is 0.117 e. The van der Waals surface area contributed by atoms with Crippen LogP contribution < -0.4 is 5.32 Å². The molecule has 2 heterocycles. The van der Waals surface area contributed by atoms with Gasteiger partial charge in [-0.05, 0) is 32.9 Å². The van der Waals surface area contributed by atoms with E-state index in [9.17, 15) is 0 Å². The van der Waals surface area contributed by atoms with E-state index in [0.29, 0.717) is 6.04 Å². The Morgan fingerprint density at radius 3 is 2.72 bits per heavy atom. The highest BCUT2D eigenvalue weighted by molar-refractivity contribution is 5.85. The minimum Gasteiger partial charge on any atom is -0.468 e. The van der Waals surface area contributed by atoms with Crippen molar-refractivity contribution in [1.82, 2.24) is 15.1 Å². The van der Waals surface area contributed by atoms with Crippen molar-refractivity contribution in [2.24, 2.45) is 0 Å². The van der Waals surface area contributed by atoms with Crippen LogP contribution in [0.2, 0.25) is 0 Å². The molecule has 0 radical (unpaired) electrons. The number of hydrogen-bond acceptors (Lipinski definition) is 3. The maximum absolute atomic E-state index is 5.26. The monoisotopic (exact) mass is 269 g/mol. The van der Waals surface area contributed by atoms with Gasteiger partial charge in [-0.2, -0.15) is 5.10 Å². The van der Waals surface area contributed by atoms with Gasteiger partial charge in [0.05, 0.1) is 18.5 Å². The average molecular weight is 270 g/mol. The van der Waals surface area contributed by atoms with Crippen molar-refractivity contribution in [3.63, 3.8) is 0 Å². The van der Waals surface area contributed by atoms with E-state index in [-0.39, 0.29) is 12.4 Å². The summed E-state index contributed by atoms with van der Waals surface area (Å²) in [6.45, 7) is 7.88. The lowest BCUT2D eigenvalue weighted by Crippen LogP contribution is -2.12. The Labute approximate surface area is 114 Å². The molecule has 0 aliphatic rings. The molecule has 0 spiro atoms. The first-order chi connectivity index (χ1) is 8.16. The van der Waals surface area contributed by atoms with Gasteiger partial charge >= 0.3 is 0 Å². The van der Waals surface area contributed by atoms with Crippen LogP contribution in [0.25, 0.3) is 0 Å². The second kappa shape index (κ2) is 6.61. The largest absolute Gasteiger partial charge is 0.468 e. The standard InChI is InChI=1S/C13H19N3O.ClH/c1-10(2)16-9-12(11(3)15-16)7-14-8-13-5-4-6-17-13;/h4-6,9-10,14H,7-8H2,1-3H3;1H. The zero-order valence-corrected chi connectivity index (χ0v) is 11.8. The number of rotatable bonds is 5. The van der Waals surface area contributed by atoms with Crippen LogP contribution in [-0.4, -0.2) is 9.78 Å². The Bertz CT molecular complexity index is 463. The molecule has 0 saturated heterocycles. The van der Waals surface area contributed by atoms with E-state index in [1.165, 1.54) is 5.56 Å². The molecule has 5 heteroatoms. The molecule has 0 saturated carbocycles. The van der Waals surface area contributed by atoms with Crippen LogP contribution in [0.5, 0.6) is 0 Å². The van der Waals surface area contributed by atoms with Gasteiger partial charge in [-0.15, -0.1) is 12.4 Å². The van der Waals surface area contributed by atoms with E-state index in [2.05, 4.69) is 30.5 Å². The summed E-state index contributed by atoms with van der Waals surface area (Å²) in [5, 5.41) is 7.83. The molecule has 2 aromatic rings. The summed E-state index contributed by atoms with van der Waals surface area (Å²) in [4.78, 5) is 0. The molecule has 1 N–H and O–H groups in total. The Kier molecular flexibility index (Phi) is 5.44. The molecular weight excluding hydrogens is 250 g/mol. The quantitative estimate of drug-likeness (QED) is 0.907. The number of nitrogens with zero attached hydrogens (tertiary/aromatic N) is 2. The highest BCUT2D eigenvalue weighted by Crippen LogP contribution is 2.10. The van der Waals surface area contributed by atoms with Gasteiger partial charge in [0, 0.05) is 24.3 Å². The minimum atomic E-state index is 0. The van der Waals surface area contributed by atoms with Crippen LogP contribution in [0, 0.1) is 6.92 Å². The van der Waals surface area contributed by atoms with E-state index in [4.69, 9.17) is 4.42 Å². The van der Waals surface area contributed by atoms with Gasteiger partial charge in [0.25, 0.3) is 0 Å². The Morgan fingerprint density at radius 2 is 2.17 bits per heavy atom. The molecular formula is C13H20ClN3O. The van der Waals surface area contributed by atoms with Gasteiger partial charge in [-0.25, -0.2) is 0 Å². The molecule has 0 aliphatic carbocycles. The van der Waals surface area contributed by atoms with Gasteiger partial charge < -0.3 is 9.73 Å². The van der Waals surface area contributed by atoms with E-state index in [1.807, 2.05) is 23.7 Å². The molecule has 0 fully saturated rings. The van der Waals surface area contributed by atoms with Gasteiger partial charge in [-0.1, -0.05) is 0 Å². The Morgan fingerprint density at radius 1 is 1.39 bits per heavy atom. The second-order valence-corrected chi connectivity index (χ2v) is 4.50. The molecule has 4 nitrogen and oxygen atoms in total. The average Bonchev–Trinajstić information content (AvgIpc) is 2.89. The second-order valence-electron chi connectivity index (χ2n) is 4.50. The summed E-state index contributed by atoms with van der Waals surface area (Å²) in [7, 11) is 0.